The Bertz CT molecular complexity index is 718. The summed E-state index contributed by atoms with van der Waals surface area (Å²) in [5.74, 6) is 1.43. The zero-order valence-electron chi connectivity index (χ0n) is 12.7. The highest BCUT2D eigenvalue weighted by Gasteiger charge is 2.10. The van der Waals surface area contributed by atoms with Crippen LogP contribution in [0.3, 0.4) is 0 Å². The number of hydrogen-bond donors (Lipinski definition) is 2. The van der Waals surface area contributed by atoms with Crippen LogP contribution in [0.1, 0.15) is 31.9 Å². The minimum absolute atomic E-state index is 0.127. The average Bonchev–Trinajstić information content (AvgIpc) is 2.56. The first-order valence-corrected chi connectivity index (χ1v) is 7.73. The molecule has 1 atom stereocenters. The van der Waals surface area contributed by atoms with Gasteiger partial charge in [-0.3, -0.25) is 4.79 Å². The number of aromatic nitrogens is 3. The molecule has 0 amide bonds. The Morgan fingerprint density at radius 2 is 2.27 bits per heavy atom. The number of nitrogens with one attached hydrogen (secondary N) is 2. The number of rotatable bonds is 4. The number of aryl methyl sites for hydroxylation is 1. The maximum Gasteiger partial charge on any atom is 0.251 e. The Balaban J connectivity index is 1.77. The number of allylic oxidation sites excluding steroid dienone is 1. The van der Waals surface area contributed by atoms with Gasteiger partial charge in [-0.05, 0) is 37.8 Å². The molecule has 0 radical (unpaired) electrons. The van der Waals surface area contributed by atoms with Gasteiger partial charge >= 0.3 is 0 Å². The second kappa shape index (κ2) is 6.56. The minimum Gasteiger partial charge on any atom is -0.367 e. The van der Waals surface area contributed by atoms with E-state index in [2.05, 4.69) is 32.4 Å². The van der Waals surface area contributed by atoms with E-state index in [1.54, 1.807) is 6.20 Å². The third-order valence-electron chi connectivity index (χ3n) is 3.81. The SMILES string of the molecule is CCc1cc(=O)[nH]c(-c2ccc(NC3CC=CCC3)nc2)n1. The van der Waals surface area contributed by atoms with E-state index in [9.17, 15) is 4.79 Å². The quantitative estimate of drug-likeness (QED) is 0.851. The molecule has 114 valence electrons. The molecule has 5 nitrogen and oxygen atoms in total. The molecule has 22 heavy (non-hydrogen) atoms. The molecular formula is C17H20N4O. The van der Waals surface area contributed by atoms with Gasteiger partial charge in [-0.15, -0.1) is 0 Å². The normalized spacial score (nSPS) is 17.4. The monoisotopic (exact) mass is 296 g/mol. The standard InChI is InChI=1S/C17H20N4O/c1-2-13-10-16(22)21-17(20-13)12-8-9-15(18-11-12)19-14-6-4-3-5-7-14/h3-4,8-11,14H,2,5-7H2,1H3,(H,18,19)(H,20,21,22). The fourth-order valence-corrected chi connectivity index (χ4v) is 2.58. The highest BCUT2D eigenvalue weighted by Crippen LogP contribution is 2.18. The molecule has 0 bridgehead atoms. The summed E-state index contributed by atoms with van der Waals surface area (Å²) in [7, 11) is 0. The molecule has 2 aromatic heterocycles. The molecule has 1 aliphatic carbocycles. The van der Waals surface area contributed by atoms with Crippen molar-refractivity contribution in [2.24, 2.45) is 0 Å². The first-order chi connectivity index (χ1) is 10.7. The van der Waals surface area contributed by atoms with Gasteiger partial charge in [0.1, 0.15) is 11.6 Å². The molecule has 0 saturated carbocycles. The fraction of sp³-hybridized carbons (Fsp3) is 0.353. The Morgan fingerprint density at radius 1 is 1.36 bits per heavy atom. The first-order valence-electron chi connectivity index (χ1n) is 7.73. The lowest BCUT2D eigenvalue weighted by Crippen LogP contribution is -2.20. The van der Waals surface area contributed by atoms with Crippen molar-refractivity contribution < 1.29 is 0 Å². The summed E-state index contributed by atoms with van der Waals surface area (Å²) in [4.78, 5) is 23.3. The van der Waals surface area contributed by atoms with Crippen molar-refractivity contribution >= 4 is 5.82 Å². The largest absolute Gasteiger partial charge is 0.367 e. The topological polar surface area (TPSA) is 70.7 Å². The number of aromatic amines is 1. The van der Waals surface area contributed by atoms with Gasteiger partial charge in [0.05, 0.1) is 0 Å². The van der Waals surface area contributed by atoms with Crippen molar-refractivity contribution in [3.63, 3.8) is 0 Å². The number of pyridine rings is 1. The fourth-order valence-electron chi connectivity index (χ4n) is 2.58. The van der Waals surface area contributed by atoms with E-state index in [-0.39, 0.29) is 5.56 Å². The highest BCUT2D eigenvalue weighted by atomic mass is 16.1. The van der Waals surface area contributed by atoms with Crippen LogP contribution < -0.4 is 10.9 Å². The lowest BCUT2D eigenvalue weighted by molar-refractivity contribution is 0.642. The Morgan fingerprint density at radius 3 is 2.95 bits per heavy atom. The van der Waals surface area contributed by atoms with E-state index in [1.807, 2.05) is 19.1 Å². The lowest BCUT2D eigenvalue weighted by atomic mass is 10.0. The third kappa shape index (κ3) is 3.42. The molecule has 2 aromatic rings. The number of hydrogen-bond acceptors (Lipinski definition) is 4. The van der Waals surface area contributed by atoms with E-state index < -0.39 is 0 Å². The van der Waals surface area contributed by atoms with Gasteiger partial charge in [-0.1, -0.05) is 19.1 Å². The maximum atomic E-state index is 11.6. The summed E-state index contributed by atoms with van der Waals surface area (Å²) < 4.78 is 0. The Labute approximate surface area is 129 Å². The summed E-state index contributed by atoms with van der Waals surface area (Å²) in [6.07, 6.45) is 10.2. The predicted octanol–water partition coefficient (Wildman–Crippen LogP) is 2.91. The maximum absolute atomic E-state index is 11.6. The van der Waals surface area contributed by atoms with Crippen LogP contribution in [0.15, 0.2) is 41.3 Å². The summed E-state index contributed by atoms with van der Waals surface area (Å²) in [5.41, 5.74) is 1.48. The van der Waals surface area contributed by atoms with E-state index in [0.717, 1.165) is 42.8 Å². The molecule has 1 unspecified atom stereocenters. The second-order valence-corrected chi connectivity index (χ2v) is 5.50. The number of H-pyrrole nitrogens is 1. The Kier molecular flexibility index (Phi) is 4.32. The van der Waals surface area contributed by atoms with Gasteiger partial charge in [0, 0.05) is 29.6 Å². The Hall–Kier alpha value is -2.43. The van der Waals surface area contributed by atoms with Crippen LogP contribution in [0.5, 0.6) is 0 Å². The van der Waals surface area contributed by atoms with Crippen LogP contribution in [0.25, 0.3) is 11.4 Å². The van der Waals surface area contributed by atoms with Gasteiger partial charge in [0.2, 0.25) is 0 Å². The second-order valence-electron chi connectivity index (χ2n) is 5.50. The molecule has 3 rings (SSSR count). The van der Waals surface area contributed by atoms with E-state index in [4.69, 9.17) is 0 Å². The van der Waals surface area contributed by atoms with E-state index >= 15 is 0 Å². The molecule has 5 heteroatoms. The molecule has 0 aromatic carbocycles. The van der Waals surface area contributed by atoms with Crippen molar-refractivity contribution in [2.75, 3.05) is 5.32 Å². The molecular weight excluding hydrogens is 276 g/mol. The summed E-state index contributed by atoms with van der Waals surface area (Å²) in [5, 5.41) is 3.44. The van der Waals surface area contributed by atoms with Crippen molar-refractivity contribution in [3.8, 4) is 11.4 Å². The van der Waals surface area contributed by atoms with Gasteiger partial charge in [0.25, 0.3) is 5.56 Å². The zero-order valence-corrected chi connectivity index (χ0v) is 12.7. The first kappa shape index (κ1) is 14.5. The highest BCUT2D eigenvalue weighted by molar-refractivity contribution is 5.56. The van der Waals surface area contributed by atoms with Crippen LogP contribution in [0, 0.1) is 0 Å². The molecule has 0 spiro atoms. The van der Waals surface area contributed by atoms with Gasteiger partial charge < -0.3 is 10.3 Å². The summed E-state index contributed by atoms with van der Waals surface area (Å²) >= 11 is 0. The van der Waals surface area contributed by atoms with E-state index in [1.165, 1.54) is 6.07 Å². The van der Waals surface area contributed by atoms with Crippen molar-refractivity contribution in [2.45, 2.75) is 38.6 Å². The summed E-state index contributed by atoms with van der Waals surface area (Å²) in [6.45, 7) is 1.98. The smallest absolute Gasteiger partial charge is 0.251 e. The van der Waals surface area contributed by atoms with Crippen LogP contribution in [0.4, 0.5) is 5.82 Å². The van der Waals surface area contributed by atoms with E-state index in [0.29, 0.717) is 11.9 Å². The van der Waals surface area contributed by atoms with Crippen LogP contribution in [-0.4, -0.2) is 21.0 Å². The lowest BCUT2D eigenvalue weighted by Gasteiger charge is -2.19. The van der Waals surface area contributed by atoms with Crippen molar-refractivity contribution in [3.05, 3.63) is 52.6 Å². The summed E-state index contributed by atoms with van der Waals surface area (Å²) in [6, 6.07) is 5.85. The van der Waals surface area contributed by atoms with Gasteiger partial charge in [-0.25, -0.2) is 9.97 Å². The minimum atomic E-state index is -0.127. The van der Waals surface area contributed by atoms with Gasteiger partial charge in [0.15, 0.2) is 0 Å². The molecule has 0 fully saturated rings. The molecule has 1 aliphatic rings. The van der Waals surface area contributed by atoms with Crippen LogP contribution >= 0.6 is 0 Å². The third-order valence-corrected chi connectivity index (χ3v) is 3.81. The van der Waals surface area contributed by atoms with Crippen molar-refractivity contribution in [1.29, 1.82) is 0 Å². The molecule has 2 heterocycles. The van der Waals surface area contributed by atoms with Crippen molar-refractivity contribution in [1.82, 2.24) is 15.0 Å². The van der Waals surface area contributed by atoms with Gasteiger partial charge in [-0.2, -0.15) is 0 Å². The molecule has 0 saturated heterocycles. The molecule has 0 aliphatic heterocycles. The molecule has 2 N–H and O–H groups in total. The van der Waals surface area contributed by atoms with Crippen LogP contribution in [0.2, 0.25) is 0 Å². The van der Waals surface area contributed by atoms with Crippen LogP contribution in [-0.2, 0) is 6.42 Å². The predicted molar refractivity (Wildman–Crippen MR) is 87.9 cm³/mol. The number of anilines is 1. The zero-order chi connectivity index (χ0) is 15.4. The average molecular weight is 296 g/mol. The number of nitrogens with zero attached hydrogens (tertiary/aromatic N) is 2.